The van der Waals surface area contributed by atoms with Crippen LogP contribution >= 0.6 is 23.1 Å². The van der Waals surface area contributed by atoms with Crippen LogP contribution in [0.15, 0.2) is 89.5 Å². The molecular formula is C39H40N4O4S2. The van der Waals surface area contributed by atoms with Gasteiger partial charge in [0.25, 0.3) is 11.8 Å². The average Bonchev–Trinajstić information content (AvgIpc) is 3.44. The first-order valence-electron chi connectivity index (χ1n) is 16.2. The van der Waals surface area contributed by atoms with Crippen molar-refractivity contribution in [2.45, 2.75) is 51.9 Å². The van der Waals surface area contributed by atoms with Crippen molar-refractivity contribution in [3.8, 4) is 11.8 Å². The SMILES string of the molecule is CCOc1ccc(/C=C(/NC(=O)c2ccccc2)C(=O)Nc2cccc(SCC(=O)Nc3sc4c(c3C#N)CCC(C(C)(C)C)C4)c2)cc1. The Kier molecular flexibility index (Phi) is 11.6. The van der Waals surface area contributed by atoms with E-state index in [1.165, 1.54) is 28.0 Å². The molecular weight excluding hydrogens is 653 g/mol. The normalized spacial score (nSPS) is 14.3. The molecule has 0 bridgehead atoms. The molecule has 0 radical (unpaired) electrons. The van der Waals surface area contributed by atoms with Crippen LogP contribution in [0.1, 0.15) is 66.0 Å². The molecule has 0 saturated carbocycles. The van der Waals surface area contributed by atoms with Crippen LogP contribution in [0.3, 0.4) is 0 Å². The number of nitrogens with zero attached hydrogens (tertiary/aromatic N) is 1. The monoisotopic (exact) mass is 692 g/mol. The number of anilines is 2. The van der Waals surface area contributed by atoms with Gasteiger partial charge in [-0.15, -0.1) is 23.1 Å². The molecule has 0 saturated heterocycles. The molecule has 3 aromatic carbocycles. The van der Waals surface area contributed by atoms with Crippen molar-refractivity contribution in [1.29, 1.82) is 5.26 Å². The van der Waals surface area contributed by atoms with E-state index in [-0.39, 0.29) is 22.8 Å². The number of fused-ring (bicyclic) bond motifs is 1. The Morgan fingerprint density at radius 2 is 1.78 bits per heavy atom. The van der Waals surface area contributed by atoms with E-state index in [4.69, 9.17) is 4.74 Å². The quantitative estimate of drug-likeness (QED) is 0.107. The summed E-state index contributed by atoms with van der Waals surface area (Å²) in [6.45, 7) is 9.20. The van der Waals surface area contributed by atoms with Crippen molar-refractivity contribution in [1.82, 2.24) is 5.32 Å². The first kappa shape index (κ1) is 35.5. The summed E-state index contributed by atoms with van der Waals surface area (Å²) < 4.78 is 5.52. The number of nitrogens with one attached hydrogen (secondary N) is 3. The van der Waals surface area contributed by atoms with Gasteiger partial charge in [0.15, 0.2) is 0 Å². The second kappa shape index (κ2) is 16.0. The number of benzene rings is 3. The molecule has 1 aromatic heterocycles. The lowest BCUT2D eigenvalue weighted by Gasteiger charge is -2.33. The summed E-state index contributed by atoms with van der Waals surface area (Å²) in [5, 5.41) is 19.1. The summed E-state index contributed by atoms with van der Waals surface area (Å²) in [6, 6.07) is 25.4. The number of carbonyl (C=O) groups excluding carboxylic acids is 3. The highest BCUT2D eigenvalue weighted by Crippen LogP contribution is 2.44. The summed E-state index contributed by atoms with van der Waals surface area (Å²) in [7, 11) is 0. The molecule has 1 unspecified atom stereocenters. The van der Waals surface area contributed by atoms with Crippen LogP contribution in [-0.4, -0.2) is 30.1 Å². The first-order chi connectivity index (χ1) is 23.5. The summed E-state index contributed by atoms with van der Waals surface area (Å²) in [5.74, 6) is 0.255. The molecule has 1 atom stereocenters. The molecule has 1 aliphatic carbocycles. The maximum Gasteiger partial charge on any atom is 0.272 e. The van der Waals surface area contributed by atoms with E-state index >= 15 is 0 Å². The van der Waals surface area contributed by atoms with Crippen molar-refractivity contribution in [2.75, 3.05) is 23.0 Å². The maximum absolute atomic E-state index is 13.5. The molecule has 3 amide bonds. The largest absolute Gasteiger partial charge is 0.494 e. The van der Waals surface area contributed by atoms with Gasteiger partial charge in [0.05, 0.1) is 17.9 Å². The molecule has 1 heterocycles. The van der Waals surface area contributed by atoms with E-state index in [2.05, 4.69) is 42.8 Å². The Morgan fingerprint density at radius 3 is 2.47 bits per heavy atom. The number of hydrogen-bond acceptors (Lipinski definition) is 7. The zero-order chi connectivity index (χ0) is 35.0. The smallest absolute Gasteiger partial charge is 0.272 e. The van der Waals surface area contributed by atoms with Crippen molar-refractivity contribution in [2.24, 2.45) is 11.3 Å². The van der Waals surface area contributed by atoms with E-state index in [1.54, 1.807) is 60.7 Å². The Balaban J connectivity index is 1.25. The topological polar surface area (TPSA) is 120 Å². The molecule has 8 nitrogen and oxygen atoms in total. The summed E-state index contributed by atoms with van der Waals surface area (Å²) >= 11 is 2.85. The van der Waals surface area contributed by atoms with Crippen LogP contribution in [0, 0.1) is 22.7 Å². The molecule has 10 heteroatoms. The molecule has 0 spiro atoms. The second-order valence-corrected chi connectivity index (χ2v) is 15.0. The predicted octanol–water partition coefficient (Wildman–Crippen LogP) is 8.31. The minimum absolute atomic E-state index is 0.0659. The third-order valence-corrected chi connectivity index (χ3v) is 10.5. The van der Waals surface area contributed by atoms with Crippen LogP contribution in [0.25, 0.3) is 6.08 Å². The van der Waals surface area contributed by atoms with Crippen molar-refractivity contribution in [3.05, 3.63) is 112 Å². The zero-order valence-electron chi connectivity index (χ0n) is 28.1. The summed E-state index contributed by atoms with van der Waals surface area (Å²) in [4.78, 5) is 41.6. The number of carbonyl (C=O) groups is 3. The number of rotatable bonds is 11. The highest BCUT2D eigenvalue weighted by atomic mass is 32.2. The molecule has 252 valence electrons. The third-order valence-electron chi connectivity index (χ3n) is 8.35. The number of amides is 3. The molecule has 0 aliphatic heterocycles. The number of hydrogen-bond donors (Lipinski definition) is 3. The van der Waals surface area contributed by atoms with Gasteiger partial charge in [-0.3, -0.25) is 14.4 Å². The lowest BCUT2D eigenvalue weighted by Crippen LogP contribution is -2.30. The van der Waals surface area contributed by atoms with Gasteiger partial charge in [0.2, 0.25) is 5.91 Å². The fraction of sp³-hybridized carbons (Fsp3) is 0.282. The van der Waals surface area contributed by atoms with Crippen LogP contribution in [0.2, 0.25) is 0 Å². The Labute approximate surface area is 296 Å². The van der Waals surface area contributed by atoms with Gasteiger partial charge in [0, 0.05) is 21.0 Å². The Bertz CT molecular complexity index is 1890. The Morgan fingerprint density at radius 1 is 1.02 bits per heavy atom. The highest BCUT2D eigenvalue weighted by molar-refractivity contribution is 8.00. The van der Waals surface area contributed by atoms with Crippen molar-refractivity contribution in [3.63, 3.8) is 0 Å². The minimum atomic E-state index is -0.502. The van der Waals surface area contributed by atoms with Crippen LogP contribution < -0.4 is 20.7 Å². The zero-order valence-corrected chi connectivity index (χ0v) is 29.7. The third kappa shape index (κ3) is 9.40. The number of thioether (sulfide) groups is 1. The fourth-order valence-electron chi connectivity index (χ4n) is 5.64. The average molecular weight is 693 g/mol. The second-order valence-electron chi connectivity index (χ2n) is 12.8. The van der Waals surface area contributed by atoms with Crippen LogP contribution in [0.4, 0.5) is 10.7 Å². The van der Waals surface area contributed by atoms with Crippen LogP contribution in [0.5, 0.6) is 5.75 Å². The number of thiophene rings is 1. The lowest BCUT2D eigenvalue weighted by molar-refractivity contribution is -0.114. The van der Waals surface area contributed by atoms with Crippen molar-refractivity contribution < 1.29 is 19.1 Å². The molecule has 1 aliphatic rings. The number of ether oxygens (including phenoxy) is 1. The van der Waals surface area contributed by atoms with Gasteiger partial charge < -0.3 is 20.7 Å². The maximum atomic E-state index is 13.5. The van der Waals surface area contributed by atoms with Gasteiger partial charge in [0.1, 0.15) is 22.5 Å². The molecule has 49 heavy (non-hydrogen) atoms. The van der Waals surface area contributed by atoms with E-state index in [1.807, 2.05) is 31.2 Å². The minimum Gasteiger partial charge on any atom is -0.494 e. The fourth-order valence-corrected chi connectivity index (χ4v) is 7.69. The Hall–Kier alpha value is -4.85. The molecule has 4 aromatic rings. The van der Waals surface area contributed by atoms with E-state index in [9.17, 15) is 19.6 Å². The van der Waals surface area contributed by atoms with E-state index in [0.29, 0.717) is 45.7 Å². The number of nitriles is 1. The first-order valence-corrected chi connectivity index (χ1v) is 18.0. The molecule has 3 N–H and O–H groups in total. The van der Waals surface area contributed by atoms with Gasteiger partial charge in [-0.05, 0) is 97.2 Å². The van der Waals surface area contributed by atoms with Gasteiger partial charge >= 0.3 is 0 Å². The predicted molar refractivity (Wildman–Crippen MR) is 198 cm³/mol. The molecule has 0 fully saturated rings. The lowest BCUT2D eigenvalue weighted by atomic mass is 9.72. The highest BCUT2D eigenvalue weighted by Gasteiger charge is 2.32. The van der Waals surface area contributed by atoms with Gasteiger partial charge in [-0.1, -0.05) is 57.2 Å². The van der Waals surface area contributed by atoms with Crippen molar-refractivity contribution >= 4 is 57.6 Å². The summed E-state index contributed by atoms with van der Waals surface area (Å²) in [6.07, 6.45) is 4.42. The van der Waals surface area contributed by atoms with Gasteiger partial charge in [-0.2, -0.15) is 5.26 Å². The van der Waals surface area contributed by atoms with E-state index < -0.39 is 11.8 Å². The summed E-state index contributed by atoms with van der Waals surface area (Å²) in [5.41, 5.74) is 3.55. The van der Waals surface area contributed by atoms with Crippen LogP contribution in [-0.2, 0) is 22.4 Å². The molecule has 5 rings (SSSR count). The standard InChI is InChI=1S/C39H40N4O4S2/c1-5-47-29-17-14-25(15-18-29)20-33(42-36(45)26-10-7-6-8-11-26)37(46)41-28-12-9-13-30(22-28)48-24-35(44)43-38-32(23-40)31-19-16-27(39(2,3)4)21-34(31)49-38/h6-15,17-18,20,22,27H,5,16,19,21,24H2,1-4H3,(H,41,46)(H,42,45)(H,43,44)/b33-20+. The van der Waals surface area contributed by atoms with E-state index in [0.717, 1.165) is 29.7 Å². The van der Waals surface area contributed by atoms with Gasteiger partial charge in [-0.25, -0.2) is 0 Å².